The van der Waals surface area contributed by atoms with Gasteiger partial charge in [0.25, 0.3) is 5.91 Å². The Morgan fingerprint density at radius 1 is 1.00 bits per heavy atom. The van der Waals surface area contributed by atoms with Crippen LogP contribution in [0.1, 0.15) is 33.7 Å². The molecule has 1 aromatic heterocycles. The molecular weight excluding hydrogens is 417 g/mol. The predicted octanol–water partition coefficient (Wildman–Crippen LogP) is 5.23. The van der Waals surface area contributed by atoms with Crippen molar-refractivity contribution < 1.29 is 13.9 Å². The van der Waals surface area contributed by atoms with Crippen molar-refractivity contribution >= 4 is 16.9 Å². The minimum Gasteiger partial charge on any atom is -0.493 e. The molecule has 170 valence electrons. The molecule has 4 rings (SSSR count). The van der Waals surface area contributed by atoms with Crippen molar-refractivity contribution in [2.45, 2.75) is 33.2 Å². The van der Waals surface area contributed by atoms with E-state index in [0.717, 1.165) is 46.7 Å². The highest BCUT2D eigenvalue weighted by Crippen LogP contribution is 2.23. The van der Waals surface area contributed by atoms with Crippen molar-refractivity contribution in [1.29, 1.82) is 0 Å². The van der Waals surface area contributed by atoms with Gasteiger partial charge in [-0.1, -0.05) is 30.3 Å². The number of hydrogen-bond donors (Lipinski definition) is 1. The van der Waals surface area contributed by atoms with E-state index in [9.17, 15) is 9.18 Å². The molecule has 0 saturated heterocycles. The molecule has 0 aliphatic rings. The molecule has 3 aromatic carbocycles. The second-order valence-corrected chi connectivity index (χ2v) is 8.10. The van der Waals surface area contributed by atoms with Crippen LogP contribution in [0, 0.1) is 19.7 Å². The average Bonchev–Trinajstić information content (AvgIpc) is 3.16. The molecule has 0 fully saturated rings. The van der Waals surface area contributed by atoms with Crippen LogP contribution in [0.5, 0.6) is 5.75 Å². The van der Waals surface area contributed by atoms with Crippen molar-refractivity contribution in [3.8, 4) is 5.75 Å². The van der Waals surface area contributed by atoms with Gasteiger partial charge in [-0.05, 0) is 67.8 Å². The number of fused-ring (bicyclic) bond motifs is 1. The van der Waals surface area contributed by atoms with Gasteiger partial charge in [0.2, 0.25) is 0 Å². The van der Waals surface area contributed by atoms with Gasteiger partial charge in [0.15, 0.2) is 0 Å². The van der Waals surface area contributed by atoms with E-state index in [1.807, 2.05) is 24.3 Å². The minimum atomic E-state index is -0.359. The number of carbonyl (C=O) groups excluding carboxylic acids is 1. The smallest absolute Gasteiger partial charge is 0.251 e. The lowest BCUT2D eigenvalue weighted by molar-refractivity contribution is 0.0954. The number of halogens is 1. The Balaban J connectivity index is 1.39. The predicted molar refractivity (Wildman–Crippen MR) is 128 cm³/mol. The molecule has 0 atom stereocenters. The van der Waals surface area contributed by atoms with Crippen molar-refractivity contribution in [3.05, 3.63) is 95.1 Å². The van der Waals surface area contributed by atoms with Gasteiger partial charge in [0.1, 0.15) is 17.4 Å². The largest absolute Gasteiger partial charge is 0.493 e. The first-order valence-electron chi connectivity index (χ1n) is 11.2. The van der Waals surface area contributed by atoms with E-state index < -0.39 is 0 Å². The molecule has 5 nitrogen and oxygen atoms in total. The maximum Gasteiger partial charge on any atom is 0.251 e. The summed E-state index contributed by atoms with van der Waals surface area (Å²) < 4.78 is 21.4. The van der Waals surface area contributed by atoms with Crippen LogP contribution in [0.4, 0.5) is 4.39 Å². The number of aromatic nitrogens is 2. The summed E-state index contributed by atoms with van der Waals surface area (Å²) in [5, 5.41) is 2.90. The van der Waals surface area contributed by atoms with Gasteiger partial charge in [-0.2, -0.15) is 0 Å². The number of nitrogens with one attached hydrogen (secondary N) is 1. The Morgan fingerprint density at radius 2 is 1.73 bits per heavy atom. The zero-order valence-corrected chi connectivity index (χ0v) is 19.0. The topological polar surface area (TPSA) is 56.1 Å². The number of para-hydroxylation sites is 3. The normalized spacial score (nSPS) is 11.0. The molecule has 0 radical (unpaired) electrons. The standard InChI is InChI=1S/C27H28FN3O2/c1-19-7-5-8-20(2)26(19)33-18-6-17-31-24-10-4-3-9-23(24)30-25(31)15-16-29-27(32)21-11-13-22(28)14-12-21/h3-5,7-14H,6,15-18H2,1-2H3,(H,29,32). The molecule has 33 heavy (non-hydrogen) atoms. The summed E-state index contributed by atoms with van der Waals surface area (Å²) in [6.07, 6.45) is 1.43. The van der Waals surface area contributed by atoms with Crippen molar-refractivity contribution in [3.63, 3.8) is 0 Å². The highest BCUT2D eigenvalue weighted by molar-refractivity contribution is 5.94. The number of aryl methyl sites for hydroxylation is 3. The van der Waals surface area contributed by atoms with Crippen LogP contribution in [0.2, 0.25) is 0 Å². The Kier molecular flexibility index (Phi) is 7.03. The number of imidazole rings is 1. The molecule has 6 heteroatoms. The molecule has 4 aromatic rings. The van der Waals surface area contributed by atoms with Crippen LogP contribution < -0.4 is 10.1 Å². The van der Waals surface area contributed by atoms with E-state index >= 15 is 0 Å². The molecule has 1 N–H and O–H groups in total. The van der Waals surface area contributed by atoms with Crippen LogP contribution in [0.3, 0.4) is 0 Å². The van der Waals surface area contributed by atoms with E-state index in [0.29, 0.717) is 25.1 Å². The van der Waals surface area contributed by atoms with Gasteiger partial charge in [0.05, 0.1) is 17.6 Å². The number of hydrogen-bond acceptors (Lipinski definition) is 3. The fraction of sp³-hybridized carbons (Fsp3) is 0.259. The molecule has 0 unspecified atom stereocenters. The maximum atomic E-state index is 13.1. The minimum absolute atomic E-state index is 0.223. The van der Waals surface area contributed by atoms with Gasteiger partial charge < -0.3 is 14.6 Å². The lowest BCUT2D eigenvalue weighted by Gasteiger charge is -2.13. The first-order chi connectivity index (χ1) is 16.0. The molecule has 0 aliphatic heterocycles. The molecular formula is C27H28FN3O2. The Bertz CT molecular complexity index is 1230. The van der Waals surface area contributed by atoms with Crippen molar-refractivity contribution in [2.24, 2.45) is 0 Å². The first kappa shape index (κ1) is 22.5. The third kappa shape index (κ3) is 5.40. The second-order valence-electron chi connectivity index (χ2n) is 8.10. The quantitative estimate of drug-likeness (QED) is 0.359. The van der Waals surface area contributed by atoms with Crippen LogP contribution >= 0.6 is 0 Å². The molecule has 0 saturated carbocycles. The summed E-state index contributed by atoms with van der Waals surface area (Å²) in [6, 6.07) is 19.7. The molecule has 1 heterocycles. The molecule has 1 amide bonds. The first-order valence-corrected chi connectivity index (χ1v) is 11.2. The van der Waals surface area contributed by atoms with Gasteiger partial charge >= 0.3 is 0 Å². The zero-order valence-electron chi connectivity index (χ0n) is 19.0. The lowest BCUT2D eigenvalue weighted by atomic mass is 10.1. The van der Waals surface area contributed by atoms with Gasteiger partial charge in [-0.25, -0.2) is 9.37 Å². The molecule has 0 spiro atoms. The van der Waals surface area contributed by atoms with E-state index in [1.54, 1.807) is 0 Å². The van der Waals surface area contributed by atoms with E-state index in [2.05, 4.69) is 41.9 Å². The van der Waals surface area contributed by atoms with E-state index in [1.165, 1.54) is 24.3 Å². The number of nitrogens with zero attached hydrogens (tertiary/aromatic N) is 2. The fourth-order valence-corrected chi connectivity index (χ4v) is 3.98. The summed E-state index contributed by atoms with van der Waals surface area (Å²) >= 11 is 0. The average molecular weight is 446 g/mol. The van der Waals surface area contributed by atoms with E-state index in [4.69, 9.17) is 9.72 Å². The Labute approximate surface area is 193 Å². The SMILES string of the molecule is Cc1cccc(C)c1OCCCn1c(CCNC(=O)c2ccc(F)cc2)nc2ccccc21. The lowest BCUT2D eigenvalue weighted by Crippen LogP contribution is -2.26. The van der Waals surface area contributed by atoms with Crippen molar-refractivity contribution in [2.75, 3.05) is 13.2 Å². The van der Waals surface area contributed by atoms with Crippen LogP contribution in [-0.4, -0.2) is 28.6 Å². The van der Waals surface area contributed by atoms with Gasteiger partial charge in [-0.15, -0.1) is 0 Å². The zero-order chi connectivity index (χ0) is 23.2. The highest BCUT2D eigenvalue weighted by atomic mass is 19.1. The Morgan fingerprint density at radius 3 is 2.48 bits per heavy atom. The summed E-state index contributed by atoms with van der Waals surface area (Å²) in [6.45, 7) is 5.94. The number of amides is 1. The van der Waals surface area contributed by atoms with Crippen LogP contribution in [0.15, 0.2) is 66.7 Å². The monoisotopic (exact) mass is 445 g/mol. The Hall–Kier alpha value is -3.67. The fourth-order valence-electron chi connectivity index (χ4n) is 3.98. The highest BCUT2D eigenvalue weighted by Gasteiger charge is 2.12. The number of carbonyl (C=O) groups is 1. The summed E-state index contributed by atoms with van der Waals surface area (Å²) in [7, 11) is 0. The molecule has 0 bridgehead atoms. The van der Waals surface area contributed by atoms with Crippen LogP contribution in [0.25, 0.3) is 11.0 Å². The van der Waals surface area contributed by atoms with Crippen LogP contribution in [-0.2, 0) is 13.0 Å². The maximum absolute atomic E-state index is 13.1. The third-order valence-electron chi connectivity index (χ3n) is 5.66. The molecule has 0 aliphatic carbocycles. The second kappa shape index (κ2) is 10.3. The third-order valence-corrected chi connectivity index (χ3v) is 5.66. The number of ether oxygens (including phenoxy) is 1. The summed E-state index contributed by atoms with van der Waals surface area (Å²) in [5.74, 6) is 1.29. The number of benzene rings is 3. The van der Waals surface area contributed by atoms with Gasteiger partial charge in [-0.3, -0.25) is 4.79 Å². The van der Waals surface area contributed by atoms with E-state index in [-0.39, 0.29) is 11.7 Å². The van der Waals surface area contributed by atoms with Crippen molar-refractivity contribution in [1.82, 2.24) is 14.9 Å². The summed E-state index contributed by atoms with van der Waals surface area (Å²) in [5.41, 5.74) is 4.73. The number of rotatable bonds is 9. The summed E-state index contributed by atoms with van der Waals surface area (Å²) in [4.78, 5) is 17.1. The van der Waals surface area contributed by atoms with Gasteiger partial charge in [0, 0.05) is 25.1 Å².